The average molecular weight is 445 g/mol. The maximum Gasteiger partial charge on any atom is 0.333 e. The Hall–Kier alpha value is -2.42. The molecule has 3 atom stereocenters. The third-order valence-electron chi connectivity index (χ3n) is 5.30. The SMILES string of the molecule is C=C(C)C(=O)OCC(O)COC(=O)C(C)(C)CC(C)(CC(C)(CC)C(=O)O)C(=O)OC. The molecule has 178 valence electrons. The number of hydrogen-bond acceptors (Lipinski definition) is 8. The first-order valence-electron chi connectivity index (χ1n) is 10.0. The fourth-order valence-corrected chi connectivity index (χ4v) is 3.42. The highest BCUT2D eigenvalue weighted by molar-refractivity contribution is 5.87. The molecule has 0 aromatic carbocycles. The standard InChI is InChI=1S/C22H36O9/c1-9-21(6,17(25)26)13-22(7,19(28)29-8)12-20(4,5)18(27)31-11-15(23)10-30-16(24)14(2)3/h15,23H,2,9-13H2,1,3-8H3,(H,25,26). The van der Waals surface area contributed by atoms with Gasteiger partial charge in [0.05, 0.1) is 23.4 Å². The highest BCUT2D eigenvalue weighted by Crippen LogP contribution is 2.45. The van der Waals surface area contributed by atoms with Gasteiger partial charge in [0.15, 0.2) is 0 Å². The molecule has 0 aromatic rings. The Morgan fingerprint density at radius 1 is 0.935 bits per heavy atom. The summed E-state index contributed by atoms with van der Waals surface area (Å²) in [5, 5.41) is 19.5. The molecule has 9 heteroatoms. The molecule has 0 aliphatic heterocycles. The monoisotopic (exact) mass is 444 g/mol. The molecule has 0 aromatic heterocycles. The van der Waals surface area contributed by atoms with Crippen LogP contribution in [-0.2, 0) is 33.4 Å². The number of carboxylic acid groups (broad SMARTS) is 1. The number of ether oxygens (including phenoxy) is 3. The summed E-state index contributed by atoms with van der Waals surface area (Å²) in [4.78, 5) is 48.3. The van der Waals surface area contributed by atoms with Gasteiger partial charge in [0.1, 0.15) is 19.3 Å². The zero-order valence-electron chi connectivity index (χ0n) is 19.6. The molecule has 31 heavy (non-hydrogen) atoms. The Morgan fingerprint density at radius 3 is 1.87 bits per heavy atom. The molecular formula is C22H36O9. The summed E-state index contributed by atoms with van der Waals surface area (Å²) in [6.45, 7) is 12.1. The van der Waals surface area contributed by atoms with Crippen molar-refractivity contribution in [3.63, 3.8) is 0 Å². The van der Waals surface area contributed by atoms with Crippen molar-refractivity contribution in [1.82, 2.24) is 0 Å². The molecular weight excluding hydrogens is 408 g/mol. The Kier molecular flexibility index (Phi) is 10.4. The Labute approximate surface area is 183 Å². The fourth-order valence-electron chi connectivity index (χ4n) is 3.42. The van der Waals surface area contributed by atoms with E-state index >= 15 is 0 Å². The molecule has 0 heterocycles. The smallest absolute Gasteiger partial charge is 0.333 e. The number of carbonyl (C=O) groups is 4. The van der Waals surface area contributed by atoms with E-state index in [2.05, 4.69) is 6.58 Å². The molecule has 0 amide bonds. The van der Waals surface area contributed by atoms with E-state index in [0.717, 1.165) is 0 Å². The van der Waals surface area contributed by atoms with Crippen molar-refractivity contribution in [2.24, 2.45) is 16.2 Å². The number of esters is 3. The zero-order chi connectivity index (χ0) is 24.6. The first-order chi connectivity index (χ1) is 14.0. The van der Waals surface area contributed by atoms with Gasteiger partial charge in [-0.25, -0.2) is 4.79 Å². The van der Waals surface area contributed by atoms with Crippen LogP contribution in [0.25, 0.3) is 0 Å². The van der Waals surface area contributed by atoms with Crippen molar-refractivity contribution < 1.29 is 43.6 Å². The zero-order valence-corrected chi connectivity index (χ0v) is 19.6. The summed E-state index contributed by atoms with van der Waals surface area (Å²) < 4.78 is 14.9. The lowest BCUT2D eigenvalue weighted by Gasteiger charge is -2.38. The van der Waals surface area contributed by atoms with E-state index < -0.39 is 52.8 Å². The largest absolute Gasteiger partial charge is 0.481 e. The number of carbonyl (C=O) groups excluding carboxylic acids is 3. The molecule has 0 radical (unpaired) electrons. The average Bonchev–Trinajstić information content (AvgIpc) is 2.68. The van der Waals surface area contributed by atoms with Crippen LogP contribution in [-0.4, -0.2) is 60.5 Å². The second-order valence-electron chi connectivity index (χ2n) is 9.14. The summed E-state index contributed by atoms with van der Waals surface area (Å²) in [6, 6.07) is 0. The predicted molar refractivity (Wildman–Crippen MR) is 112 cm³/mol. The van der Waals surface area contributed by atoms with Crippen molar-refractivity contribution in [2.45, 2.75) is 66.9 Å². The fraction of sp³-hybridized carbons (Fsp3) is 0.727. The van der Waals surface area contributed by atoms with Gasteiger partial charge in [0.25, 0.3) is 0 Å². The minimum atomic E-state index is -1.27. The highest BCUT2D eigenvalue weighted by atomic mass is 16.6. The van der Waals surface area contributed by atoms with E-state index in [1.807, 2.05) is 0 Å². The van der Waals surface area contributed by atoms with E-state index in [4.69, 9.17) is 14.2 Å². The lowest BCUT2D eigenvalue weighted by Crippen LogP contribution is -2.44. The van der Waals surface area contributed by atoms with Crippen molar-refractivity contribution in [1.29, 1.82) is 0 Å². The minimum Gasteiger partial charge on any atom is -0.481 e. The van der Waals surface area contributed by atoms with Crippen molar-refractivity contribution >= 4 is 23.9 Å². The topological polar surface area (TPSA) is 136 Å². The first kappa shape index (κ1) is 28.6. The van der Waals surface area contributed by atoms with E-state index in [1.165, 1.54) is 14.0 Å². The molecule has 2 N–H and O–H groups in total. The normalized spacial score (nSPS) is 16.3. The second kappa shape index (κ2) is 11.3. The van der Waals surface area contributed by atoms with Gasteiger partial charge in [-0.15, -0.1) is 0 Å². The summed E-state index contributed by atoms with van der Waals surface area (Å²) in [6.07, 6.45) is -1.01. The Morgan fingerprint density at radius 2 is 1.45 bits per heavy atom. The predicted octanol–water partition coefficient (Wildman–Crippen LogP) is 2.50. The lowest BCUT2D eigenvalue weighted by molar-refractivity contribution is -0.167. The van der Waals surface area contributed by atoms with Gasteiger partial charge in [0, 0.05) is 5.57 Å². The second-order valence-corrected chi connectivity index (χ2v) is 9.14. The number of hydrogen-bond donors (Lipinski definition) is 2. The lowest BCUT2D eigenvalue weighted by atomic mass is 9.65. The summed E-state index contributed by atoms with van der Waals surface area (Å²) >= 11 is 0. The van der Waals surface area contributed by atoms with Gasteiger partial charge in [-0.1, -0.05) is 13.5 Å². The molecule has 0 fully saturated rings. The first-order valence-corrected chi connectivity index (χ1v) is 10.0. The molecule has 0 rings (SSSR count). The number of aliphatic hydroxyl groups excluding tert-OH is 1. The molecule has 3 unspecified atom stereocenters. The van der Waals surface area contributed by atoms with Crippen molar-refractivity contribution in [3.8, 4) is 0 Å². The number of methoxy groups -OCH3 is 1. The van der Waals surface area contributed by atoms with Gasteiger partial charge < -0.3 is 24.4 Å². The van der Waals surface area contributed by atoms with Gasteiger partial charge in [0.2, 0.25) is 0 Å². The van der Waals surface area contributed by atoms with E-state index in [-0.39, 0.29) is 31.4 Å². The molecule has 0 bridgehead atoms. The van der Waals surface area contributed by atoms with Crippen LogP contribution in [0.4, 0.5) is 0 Å². The summed E-state index contributed by atoms with van der Waals surface area (Å²) in [7, 11) is 1.21. The molecule has 0 spiro atoms. The Bertz CT molecular complexity index is 697. The number of rotatable bonds is 13. The van der Waals surface area contributed by atoms with E-state index in [0.29, 0.717) is 0 Å². The van der Waals surface area contributed by atoms with Gasteiger partial charge in [-0.2, -0.15) is 0 Å². The molecule has 0 aliphatic rings. The van der Waals surface area contributed by atoms with E-state index in [1.54, 1.807) is 34.6 Å². The molecule has 0 aliphatic carbocycles. The summed E-state index contributed by atoms with van der Waals surface area (Å²) in [5.41, 5.74) is -3.47. The maximum absolute atomic E-state index is 12.6. The van der Waals surface area contributed by atoms with Crippen LogP contribution in [0.5, 0.6) is 0 Å². The third-order valence-corrected chi connectivity index (χ3v) is 5.30. The van der Waals surface area contributed by atoms with Crippen LogP contribution < -0.4 is 0 Å². The van der Waals surface area contributed by atoms with E-state index in [9.17, 15) is 29.4 Å². The van der Waals surface area contributed by atoms with Crippen LogP contribution in [0.3, 0.4) is 0 Å². The van der Waals surface area contributed by atoms with Crippen LogP contribution in [0.2, 0.25) is 0 Å². The van der Waals surface area contributed by atoms with Crippen molar-refractivity contribution in [3.05, 3.63) is 12.2 Å². The molecule has 0 saturated carbocycles. The number of aliphatic carboxylic acids is 1. The quantitative estimate of drug-likeness (QED) is 0.249. The third kappa shape index (κ3) is 8.32. The Balaban J connectivity index is 5.28. The summed E-state index contributed by atoms with van der Waals surface area (Å²) in [5.74, 6) is -3.03. The maximum atomic E-state index is 12.6. The molecule has 9 nitrogen and oxygen atoms in total. The van der Waals surface area contributed by atoms with Crippen molar-refractivity contribution in [2.75, 3.05) is 20.3 Å². The van der Waals surface area contributed by atoms with Gasteiger partial charge in [-0.3, -0.25) is 14.4 Å². The minimum absolute atomic E-state index is 0.0326. The van der Waals surface area contributed by atoms with Gasteiger partial charge in [-0.05, 0) is 53.9 Å². The highest BCUT2D eigenvalue weighted by Gasteiger charge is 2.49. The van der Waals surface area contributed by atoms with Crippen LogP contribution >= 0.6 is 0 Å². The number of aliphatic hydroxyl groups is 1. The van der Waals surface area contributed by atoms with Crippen LogP contribution in [0.15, 0.2) is 12.2 Å². The van der Waals surface area contributed by atoms with Gasteiger partial charge >= 0.3 is 23.9 Å². The van der Waals surface area contributed by atoms with Crippen LogP contribution in [0, 0.1) is 16.2 Å². The van der Waals surface area contributed by atoms with Crippen LogP contribution in [0.1, 0.15) is 60.8 Å². The molecule has 0 saturated heterocycles. The number of carboxylic acids is 1.